The number of aromatic amines is 1. The zero-order chi connectivity index (χ0) is 11.5. The number of rotatable bonds is 2. The molecule has 2 aromatic rings. The monoisotopic (exact) mass is 281 g/mol. The first-order valence-electron chi connectivity index (χ1n) is 4.48. The molecule has 1 heterocycles. The third kappa shape index (κ3) is 2.25. The van der Waals surface area contributed by atoms with Gasteiger partial charge in [-0.3, -0.25) is 10.1 Å². The molecular weight excluding hydrogens is 274 g/mol. The molecule has 16 heavy (non-hydrogen) atoms. The molecule has 7 heteroatoms. The second-order valence-corrected chi connectivity index (χ2v) is 4.06. The molecule has 0 saturated heterocycles. The van der Waals surface area contributed by atoms with Gasteiger partial charge in [0.05, 0.1) is 0 Å². The van der Waals surface area contributed by atoms with Crippen LogP contribution in [0.2, 0.25) is 0 Å². The fourth-order valence-electron chi connectivity index (χ4n) is 1.27. The SMILES string of the molecule is Cc1cc(Br)ccc1C(=O)Nc1nn[nH]n1. The van der Waals surface area contributed by atoms with Gasteiger partial charge in [-0.1, -0.05) is 21.0 Å². The lowest BCUT2D eigenvalue weighted by Gasteiger charge is -2.04. The van der Waals surface area contributed by atoms with E-state index in [9.17, 15) is 4.79 Å². The van der Waals surface area contributed by atoms with Gasteiger partial charge in [-0.15, -0.1) is 5.10 Å². The van der Waals surface area contributed by atoms with Crippen LogP contribution < -0.4 is 5.32 Å². The minimum Gasteiger partial charge on any atom is -0.288 e. The van der Waals surface area contributed by atoms with Gasteiger partial charge >= 0.3 is 0 Å². The van der Waals surface area contributed by atoms with Crippen molar-refractivity contribution in [3.8, 4) is 0 Å². The Morgan fingerprint density at radius 3 is 2.94 bits per heavy atom. The summed E-state index contributed by atoms with van der Waals surface area (Å²) in [6.07, 6.45) is 0. The van der Waals surface area contributed by atoms with Crippen LogP contribution in [0.4, 0.5) is 5.95 Å². The summed E-state index contributed by atoms with van der Waals surface area (Å²) in [6.45, 7) is 1.86. The molecule has 0 aliphatic heterocycles. The predicted molar refractivity (Wildman–Crippen MR) is 61.0 cm³/mol. The van der Waals surface area contributed by atoms with Crippen molar-refractivity contribution in [1.29, 1.82) is 0 Å². The number of amides is 1. The second-order valence-electron chi connectivity index (χ2n) is 3.15. The zero-order valence-electron chi connectivity index (χ0n) is 8.36. The van der Waals surface area contributed by atoms with Gasteiger partial charge < -0.3 is 0 Å². The van der Waals surface area contributed by atoms with E-state index in [1.807, 2.05) is 13.0 Å². The first-order chi connectivity index (χ1) is 7.66. The zero-order valence-corrected chi connectivity index (χ0v) is 9.95. The number of anilines is 1. The fraction of sp³-hybridized carbons (Fsp3) is 0.111. The van der Waals surface area contributed by atoms with Crippen LogP contribution in [0.5, 0.6) is 0 Å². The molecule has 0 radical (unpaired) electrons. The molecule has 82 valence electrons. The number of carbonyl (C=O) groups is 1. The van der Waals surface area contributed by atoms with E-state index in [2.05, 4.69) is 41.9 Å². The van der Waals surface area contributed by atoms with Crippen molar-refractivity contribution in [1.82, 2.24) is 20.6 Å². The number of nitrogens with zero attached hydrogens (tertiary/aromatic N) is 3. The van der Waals surface area contributed by atoms with E-state index in [4.69, 9.17) is 0 Å². The average Bonchev–Trinajstić information content (AvgIpc) is 2.70. The molecule has 1 aromatic heterocycles. The van der Waals surface area contributed by atoms with E-state index in [0.717, 1.165) is 10.0 Å². The van der Waals surface area contributed by atoms with Crippen LogP contribution in [-0.4, -0.2) is 26.5 Å². The van der Waals surface area contributed by atoms with Crippen molar-refractivity contribution in [2.24, 2.45) is 0 Å². The molecule has 0 unspecified atom stereocenters. The van der Waals surface area contributed by atoms with Crippen LogP contribution in [0.3, 0.4) is 0 Å². The van der Waals surface area contributed by atoms with E-state index in [1.54, 1.807) is 12.1 Å². The van der Waals surface area contributed by atoms with Gasteiger partial charge in [0, 0.05) is 10.0 Å². The smallest absolute Gasteiger partial charge is 0.270 e. The number of aryl methyl sites for hydroxylation is 1. The molecule has 2 N–H and O–H groups in total. The molecule has 1 aromatic carbocycles. The number of halogens is 1. The van der Waals surface area contributed by atoms with E-state index in [-0.39, 0.29) is 11.9 Å². The molecule has 6 nitrogen and oxygen atoms in total. The summed E-state index contributed by atoms with van der Waals surface area (Å²) >= 11 is 3.33. The average molecular weight is 282 g/mol. The molecule has 1 amide bonds. The lowest BCUT2D eigenvalue weighted by molar-refractivity contribution is 0.102. The summed E-state index contributed by atoms with van der Waals surface area (Å²) in [7, 11) is 0. The first kappa shape index (κ1) is 10.7. The third-order valence-corrected chi connectivity index (χ3v) is 2.50. The molecular formula is C9H8BrN5O. The molecule has 2 rings (SSSR count). The standard InChI is InChI=1S/C9H8BrN5O/c1-5-4-6(10)2-3-7(5)8(16)11-9-12-14-15-13-9/h2-4H,1H3,(H2,11,12,13,14,15,16). The van der Waals surface area contributed by atoms with E-state index < -0.39 is 0 Å². The van der Waals surface area contributed by atoms with Crippen molar-refractivity contribution in [2.45, 2.75) is 6.92 Å². The van der Waals surface area contributed by atoms with Crippen LogP contribution in [0, 0.1) is 6.92 Å². The van der Waals surface area contributed by atoms with Gasteiger partial charge in [-0.05, 0) is 35.9 Å². The van der Waals surface area contributed by atoms with Crippen molar-refractivity contribution >= 4 is 27.8 Å². The summed E-state index contributed by atoms with van der Waals surface area (Å²) in [6, 6.07) is 5.40. The molecule has 0 aliphatic rings. The van der Waals surface area contributed by atoms with Gasteiger partial charge in [-0.2, -0.15) is 5.21 Å². The van der Waals surface area contributed by atoms with Crippen LogP contribution >= 0.6 is 15.9 Å². The van der Waals surface area contributed by atoms with Gasteiger partial charge in [0.2, 0.25) is 0 Å². The lowest BCUT2D eigenvalue weighted by Crippen LogP contribution is -2.14. The number of hydrogen-bond acceptors (Lipinski definition) is 4. The number of aromatic nitrogens is 4. The van der Waals surface area contributed by atoms with Crippen LogP contribution in [0.25, 0.3) is 0 Å². The predicted octanol–water partition coefficient (Wildman–Crippen LogP) is 1.52. The number of nitrogens with one attached hydrogen (secondary N) is 2. The third-order valence-electron chi connectivity index (χ3n) is 2.00. The van der Waals surface area contributed by atoms with Crippen molar-refractivity contribution in [2.75, 3.05) is 5.32 Å². The Bertz CT molecular complexity index is 511. The molecule has 0 atom stereocenters. The molecule has 0 bridgehead atoms. The maximum absolute atomic E-state index is 11.8. The van der Waals surface area contributed by atoms with E-state index in [1.165, 1.54) is 0 Å². The highest BCUT2D eigenvalue weighted by atomic mass is 79.9. The Balaban J connectivity index is 2.21. The van der Waals surface area contributed by atoms with Crippen molar-refractivity contribution < 1.29 is 4.79 Å². The minimum atomic E-state index is -0.258. The van der Waals surface area contributed by atoms with Crippen molar-refractivity contribution in [3.05, 3.63) is 33.8 Å². The van der Waals surface area contributed by atoms with Crippen LogP contribution in [0.15, 0.2) is 22.7 Å². The Labute approximate surface area is 99.6 Å². The fourth-order valence-corrected chi connectivity index (χ4v) is 1.74. The number of H-pyrrole nitrogens is 1. The largest absolute Gasteiger partial charge is 0.288 e. The summed E-state index contributed by atoms with van der Waals surface area (Å²) < 4.78 is 0.932. The molecule has 0 aliphatic carbocycles. The van der Waals surface area contributed by atoms with E-state index >= 15 is 0 Å². The first-order valence-corrected chi connectivity index (χ1v) is 5.27. The second kappa shape index (κ2) is 4.40. The number of tetrazole rings is 1. The van der Waals surface area contributed by atoms with E-state index in [0.29, 0.717) is 5.56 Å². The van der Waals surface area contributed by atoms with Crippen LogP contribution in [0.1, 0.15) is 15.9 Å². The summed E-state index contributed by atoms with van der Waals surface area (Å²) in [5, 5.41) is 15.4. The van der Waals surface area contributed by atoms with Gasteiger partial charge in [0.15, 0.2) is 0 Å². The van der Waals surface area contributed by atoms with Gasteiger partial charge in [0.1, 0.15) is 0 Å². The Morgan fingerprint density at radius 2 is 2.31 bits per heavy atom. The highest BCUT2D eigenvalue weighted by molar-refractivity contribution is 9.10. The minimum absolute atomic E-state index is 0.160. The summed E-state index contributed by atoms with van der Waals surface area (Å²) in [5.74, 6) is -0.0984. The maximum Gasteiger partial charge on any atom is 0.270 e. The number of hydrogen-bond donors (Lipinski definition) is 2. The van der Waals surface area contributed by atoms with Gasteiger partial charge in [-0.25, -0.2) is 0 Å². The van der Waals surface area contributed by atoms with Crippen molar-refractivity contribution in [3.63, 3.8) is 0 Å². The molecule has 0 spiro atoms. The number of benzene rings is 1. The van der Waals surface area contributed by atoms with Crippen LogP contribution in [-0.2, 0) is 0 Å². The Hall–Kier alpha value is -1.76. The highest BCUT2D eigenvalue weighted by Crippen LogP contribution is 2.16. The van der Waals surface area contributed by atoms with Gasteiger partial charge in [0.25, 0.3) is 11.9 Å². The highest BCUT2D eigenvalue weighted by Gasteiger charge is 2.11. The summed E-state index contributed by atoms with van der Waals surface area (Å²) in [4.78, 5) is 11.8. The Kier molecular flexibility index (Phi) is 2.95. The normalized spacial score (nSPS) is 10.1. The molecule has 0 fully saturated rings. The maximum atomic E-state index is 11.8. The number of carbonyl (C=O) groups excluding carboxylic acids is 1. The summed E-state index contributed by atoms with van der Waals surface area (Å²) in [5.41, 5.74) is 1.45. The topological polar surface area (TPSA) is 83.6 Å². The lowest BCUT2D eigenvalue weighted by atomic mass is 10.1. The Morgan fingerprint density at radius 1 is 1.50 bits per heavy atom. The molecule has 0 saturated carbocycles. The quantitative estimate of drug-likeness (QED) is 0.874.